The Bertz CT molecular complexity index is 822. The third-order valence-electron chi connectivity index (χ3n) is 4.18. The summed E-state index contributed by atoms with van der Waals surface area (Å²) in [5, 5.41) is 5.10. The first kappa shape index (κ1) is 19.0. The van der Waals surface area contributed by atoms with Gasteiger partial charge in [0, 0.05) is 22.9 Å². The fourth-order valence-corrected chi connectivity index (χ4v) is 3.34. The van der Waals surface area contributed by atoms with Crippen molar-refractivity contribution in [3.8, 4) is 17.2 Å². The number of hydrogen-bond acceptors (Lipinski definition) is 7. The van der Waals surface area contributed by atoms with Crippen LogP contribution in [0.2, 0.25) is 0 Å². The fraction of sp³-hybridized carbons (Fsp3) is 0.263. The molecule has 27 heavy (non-hydrogen) atoms. The average molecular weight is 391 g/mol. The van der Waals surface area contributed by atoms with Crippen molar-refractivity contribution < 1.29 is 18.6 Å². The number of nitrogens with one attached hydrogen (secondary N) is 2. The lowest BCUT2D eigenvalue weighted by Crippen LogP contribution is -2.31. The van der Waals surface area contributed by atoms with Gasteiger partial charge in [0.2, 0.25) is 5.75 Å². The molecule has 0 aliphatic carbocycles. The van der Waals surface area contributed by atoms with E-state index in [4.69, 9.17) is 14.2 Å². The zero-order valence-electron chi connectivity index (χ0n) is 15.6. The maximum Gasteiger partial charge on any atom is 0.203 e. The van der Waals surface area contributed by atoms with Crippen LogP contribution in [0.5, 0.6) is 17.2 Å². The maximum atomic E-state index is 14.1. The van der Waals surface area contributed by atoms with Crippen molar-refractivity contribution in [2.45, 2.75) is 11.1 Å². The highest BCUT2D eigenvalue weighted by molar-refractivity contribution is 7.98. The van der Waals surface area contributed by atoms with Gasteiger partial charge in [-0.1, -0.05) is 0 Å². The molecule has 1 atom stereocenters. The number of benzene rings is 2. The molecule has 0 radical (unpaired) electrons. The summed E-state index contributed by atoms with van der Waals surface area (Å²) in [4.78, 5) is 0.608. The Labute approximate surface area is 162 Å². The first-order chi connectivity index (χ1) is 13.1. The number of nitrogens with zero attached hydrogens (tertiary/aromatic N) is 1. The lowest BCUT2D eigenvalue weighted by atomic mass is 10.1. The zero-order valence-corrected chi connectivity index (χ0v) is 16.4. The van der Waals surface area contributed by atoms with Crippen molar-refractivity contribution in [1.82, 2.24) is 10.3 Å². The molecule has 0 amide bonds. The summed E-state index contributed by atoms with van der Waals surface area (Å²) in [5.74, 6) is 1.41. The number of halogens is 1. The van der Waals surface area contributed by atoms with Crippen LogP contribution in [0.4, 0.5) is 10.1 Å². The van der Waals surface area contributed by atoms with E-state index in [1.54, 1.807) is 27.4 Å². The summed E-state index contributed by atoms with van der Waals surface area (Å²) in [5.41, 5.74) is 4.75. The van der Waals surface area contributed by atoms with Crippen LogP contribution in [0.15, 0.2) is 47.6 Å². The Balaban J connectivity index is 1.87. The largest absolute Gasteiger partial charge is 0.493 e. The van der Waals surface area contributed by atoms with Gasteiger partial charge in [-0.3, -0.25) is 10.4 Å². The molecule has 0 aromatic heterocycles. The van der Waals surface area contributed by atoms with E-state index in [0.717, 1.165) is 5.56 Å². The van der Waals surface area contributed by atoms with Crippen LogP contribution < -0.4 is 25.0 Å². The standard InChI is InChI=1S/C19H22FN3O3S/c1-24-15-9-12(10-16(25-2)18(15)26-3)19-21-7-8-23(19)22-13-5-6-17(27-4)14(20)11-13/h5-11,19,21-22H,1-4H3. The van der Waals surface area contributed by atoms with Crippen LogP contribution in [0, 0.1) is 5.82 Å². The summed E-state index contributed by atoms with van der Waals surface area (Å²) in [6.07, 6.45) is 5.27. The maximum absolute atomic E-state index is 14.1. The Kier molecular flexibility index (Phi) is 5.85. The molecule has 0 fully saturated rings. The van der Waals surface area contributed by atoms with Gasteiger partial charge in [-0.2, -0.15) is 0 Å². The monoisotopic (exact) mass is 391 g/mol. The predicted molar refractivity (Wildman–Crippen MR) is 105 cm³/mol. The first-order valence-electron chi connectivity index (χ1n) is 8.22. The van der Waals surface area contributed by atoms with E-state index in [1.807, 2.05) is 41.9 Å². The molecule has 6 nitrogen and oxygen atoms in total. The molecule has 1 aliphatic heterocycles. The van der Waals surface area contributed by atoms with Crippen LogP contribution in [0.3, 0.4) is 0 Å². The minimum Gasteiger partial charge on any atom is -0.493 e. The van der Waals surface area contributed by atoms with Gasteiger partial charge in [-0.05, 0) is 36.6 Å². The topological polar surface area (TPSA) is 55.0 Å². The molecule has 0 bridgehead atoms. The molecule has 2 aromatic carbocycles. The Morgan fingerprint density at radius 1 is 1.07 bits per heavy atom. The molecule has 3 rings (SSSR count). The Morgan fingerprint density at radius 3 is 2.33 bits per heavy atom. The number of anilines is 1. The minimum absolute atomic E-state index is 0.234. The molecular formula is C19H22FN3O3S. The average Bonchev–Trinajstić information content (AvgIpc) is 3.15. The fourth-order valence-electron chi connectivity index (χ4n) is 2.88. The molecule has 2 aromatic rings. The molecule has 1 heterocycles. The molecule has 0 saturated carbocycles. The molecular weight excluding hydrogens is 369 g/mol. The van der Waals surface area contributed by atoms with Crippen LogP contribution in [0.25, 0.3) is 0 Å². The quantitative estimate of drug-likeness (QED) is 0.693. The van der Waals surface area contributed by atoms with Gasteiger partial charge < -0.3 is 19.5 Å². The van der Waals surface area contributed by atoms with E-state index >= 15 is 0 Å². The predicted octanol–water partition coefficient (Wildman–Crippen LogP) is 3.98. The first-order valence-corrected chi connectivity index (χ1v) is 9.45. The van der Waals surface area contributed by atoms with Gasteiger partial charge in [0.05, 0.1) is 27.0 Å². The molecule has 1 aliphatic rings. The smallest absolute Gasteiger partial charge is 0.203 e. The second-order valence-electron chi connectivity index (χ2n) is 5.71. The van der Waals surface area contributed by atoms with E-state index < -0.39 is 0 Å². The van der Waals surface area contributed by atoms with Gasteiger partial charge >= 0.3 is 0 Å². The highest BCUT2D eigenvalue weighted by atomic mass is 32.2. The number of methoxy groups -OCH3 is 3. The van der Waals surface area contributed by atoms with Crippen LogP contribution in [-0.2, 0) is 0 Å². The second-order valence-corrected chi connectivity index (χ2v) is 6.56. The number of thioether (sulfide) groups is 1. The third-order valence-corrected chi connectivity index (χ3v) is 4.95. The molecule has 8 heteroatoms. The van der Waals surface area contributed by atoms with Gasteiger partial charge in [0.25, 0.3) is 0 Å². The van der Waals surface area contributed by atoms with E-state index in [2.05, 4.69) is 10.7 Å². The summed E-state index contributed by atoms with van der Waals surface area (Å²) in [6, 6.07) is 8.82. The van der Waals surface area contributed by atoms with Crippen LogP contribution >= 0.6 is 11.8 Å². The SMILES string of the molecule is COc1cc(C2NC=CN2Nc2ccc(SC)c(F)c2)cc(OC)c1OC. The summed E-state index contributed by atoms with van der Waals surface area (Å²) in [7, 11) is 4.72. The van der Waals surface area contributed by atoms with Crippen molar-refractivity contribution in [1.29, 1.82) is 0 Å². The second kappa shape index (κ2) is 8.30. The lowest BCUT2D eigenvalue weighted by molar-refractivity contribution is 0.312. The highest BCUT2D eigenvalue weighted by Crippen LogP contribution is 2.40. The lowest BCUT2D eigenvalue weighted by Gasteiger charge is -2.28. The Hall–Kier alpha value is -2.74. The van der Waals surface area contributed by atoms with Crippen molar-refractivity contribution in [3.05, 3.63) is 54.1 Å². The van der Waals surface area contributed by atoms with Gasteiger partial charge in [-0.25, -0.2) is 4.39 Å². The number of rotatable bonds is 7. The summed E-state index contributed by atoms with van der Waals surface area (Å²) < 4.78 is 30.3. The number of hydrazine groups is 1. The van der Waals surface area contributed by atoms with Crippen molar-refractivity contribution >= 4 is 17.4 Å². The molecule has 2 N–H and O–H groups in total. The van der Waals surface area contributed by atoms with E-state index in [9.17, 15) is 4.39 Å². The Morgan fingerprint density at radius 2 is 1.78 bits per heavy atom. The third kappa shape index (κ3) is 3.85. The molecule has 0 saturated heterocycles. The van der Waals surface area contributed by atoms with Gasteiger partial charge in [-0.15, -0.1) is 11.8 Å². The molecule has 144 valence electrons. The number of hydrogen-bond donors (Lipinski definition) is 2. The van der Waals surface area contributed by atoms with E-state index in [-0.39, 0.29) is 12.0 Å². The van der Waals surface area contributed by atoms with Crippen molar-refractivity contribution in [2.75, 3.05) is 33.0 Å². The van der Waals surface area contributed by atoms with Crippen LogP contribution in [-0.4, -0.2) is 32.6 Å². The minimum atomic E-state index is -0.257. The summed E-state index contributed by atoms with van der Waals surface area (Å²) >= 11 is 1.37. The van der Waals surface area contributed by atoms with Crippen LogP contribution in [0.1, 0.15) is 11.7 Å². The molecule has 0 spiro atoms. The zero-order chi connectivity index (χ0) is 19.4. The normalized spacial score (nSPS) is 15.4. The van der Waals surface area contributed by atoms with Gasteiger partial charge in [0.15, 0.2) is 11.5 Å². The van der Waals surface area contributed by atoms with E-state index in [0.29, 0.717) is 27.8 Å². The van der Waals surface area contributed by atoms with Gasteiger partial charge in [0.1, 0.15) is 12.0 Å². The summed E-state index contributed by atoms with van der Waals surface area (Å²) in [6.45, 7) is 0. The van der Waals surface area contributed by atoms with E-state index in [1.165, 1.54) is 17.8 Å². The number of ether oxygens (including phenoxy) is 3. The van der Waals surface area contributed by atoms with Crippen molar-refractivity contribution in [2.24, 2.45) is 0 Å². The van der Waals surface area contributed by atoms with Crippen molar-refractivity contribution in [3.63, 3.8) is 0 Å². The molecule has 1 unspecified atom stereocenters. The highest BCUT2D eigenvalue weighted by Gasteiger charge is 2.24.